The maximum absolute atomic E-state index is 14.7. The first kappa shape index (κ1) is 45.7. The van der Waals surface area contributed by atoms with Gasteiger partial charge in [-0.2, -0.15) is 19.4 Å². The predicted octanol–water partition coefficient (Wildman–Crippen LogP) is 9.02. The predicted molar refractivity (Wildman–Crippen MR) is 226 cm³/mol. The highest BCUT2D eigenvalue weighted by Gasteiger charge is 2.50. The Morgan fingerprint density at radius 1 is 0.983 bits per heavy atom. The first-order valence-corrected chi connectivity index (χ1v) is 22.7. The lowest BCUT2D eigenvalue weighted by Gasteiger charge is -2.30. The van der Waals surface area contributed by atoms with Crippen LogP contribution in [0.3, 0.4) is 0 Å². The van der Waals surface area contributed by atoms with Crippen molar-refractivity contribution in [3.05, 3.63) is 78.6 Å². The van der Waals surface area contributed by atoms with E-state index in [1.54, 1.807) is 30.3 Å². The molecule has 3 heterocycles. The Hall–Kier alpha value is -4.38. The molecule has 4 aromatic rings. The highest BCUT2D eigenvalue weighted by Crippen LogP contribution is 2.48. The van der Waals surface area contributed by atoms with Gasteiger partial charge in [0.05, 0.1) is 12.9 Å². The number of aromatic nitrogens is 4. The second-order valence-corrected chi connectivity index (χ2v) is 16.9. The van der Waals surface area contributed by atoms with Gasteiger partial charge >= 0.3 is 19.8 Å². The minimum absolute atomic E-state index is 0.0345. The van der Waals surface area contributed by atoms with Crippen LogP contribution in [0.25, 0.3) is 11.2 Å². The molecule has 0 amide bonds. The van der Waals surface area contributed by atoms with Gasteiger partial charge in [0.15, 0.2) is 22.6 Å². The summed E-state index contributed by atoms with van der Waals surface area (Å²) in [5, 5.41) is 14.1. The van der Waals surface area contributed by atoms with Crippen molar-refractivity contribution in [2.24, 2.45) is 0 Å². The third-order valence-corrected chi connectivity index (χ3v) is 12.1. The number of aliphatic hydroxyl groups excluding tert-OH is 1. The second kappa shape index (κ2) is 23.4. The van der Waals surface area contributed by atoms with Gasteiger partial charge in [-0.15, -0.1) is 6.42 Å². The molecular formula is C44H60FN6O7P. The third kappa shape index (κ3) is 13.8. The summed E-state index contributed by atoms with van der Waals surface area (Å²) in [6, 6.07) is 16.4. The van der Waals surface area contributed by atoms with Gasteiger partial charge in [-0.25, -0.2) is 9.55 Å². The molecule has 0 bridgehead atoms. The number of benzene rings is 2. The second-order valence-electron chi connectivity index (χ2n) is 15.2. The first-order valence-electron chi connectivity index (χ1n) is 21.1. The van der Waals surface area contributed by atoms with Crippen molar-refractivity contribution in [3.63, 3.8) is 0 Å². The summed E-state index contributed by atoms with van der Waals surface area (Å²) in [5.41, 5.74) is 4.94. The zero-order valence-corrected chi connectivity index (χ0v) is 35.1. The van der Waals surface area contributed by atoms with E-state index < -0.39 is 50.4 Å². The fourth-order valence-electron chi connectivity index (χ4n) is 7.20. The standard InChI is InChI=1S/C44H60FN6O7P/c1-3-5-6-7-8-9-10-11-12-13-14-15-16-17-24-29-55-42(53)36(30-34-25-20-18-21-26-34)50-59(54,58-35-27-22-19-23-28-35)56-32-44(4-2)37(52)31-38(57-44)51-33-47-39-40(46)48-43(45)49-41(39)51/h2,18-23,25-28,33,36-38,52H,3,5-17,24,29-32H2,1H3,(H,50,54)(H2,46,48,49)/t36-,37-,38+,44+,59?/m0/s1. The molecule has 1 fully saturated rings. The van der Waals surface area contributed by atoms with Crippen molar-refractivity contribution in [2.75, 3.05) is 18.9 Å². The molecule has 2 aromatic carbocycles. The molecule has 5 atom stereocenters. The zero-order chi connectivity index (χ0) is 41.9. The van der Waals surface area contributed by atoms with E-state index in [1.807, 2.05) is 30.3 Å². The fourth-order valence-corrected chi connectivity index (χ4v) is 8.72. The number of hydrogen-bond donors (Lipinski definition) is 3. The number of unbranched alkanes of at least 4 members (excludes halogenated alkanes) is 14. The number of hydrogen-bond acceptors (Lipinski definition) is 11. The summed E-state index contributed by atoms with van der Waals surface area (Å²) in [5.74, 6) is 1.86. The quantitative estimate of drug-likeness (QED) is 0.0171. The van der Waals surface area contributed by atoms with Crippen LogP contribution in [0.15, 0.2) is 67.0 Å². The van der Waals surface area contributed by atoms with Crippen LogP contribution in [0.1, 0.15) is 121 Å². The van der Waals surface area contributed by atoms with Crippen molar-refractivity contribution in [2.45, 2.75) is 140 Å². The van der Waals surface area contributed by atoms with E-state index in [0.717, 1.165) is 24.8 Å². The van der Waals surface area contributed by atoms with E-state index in [0.29, 0.717) is 6.42 Å². The number of carbonyl (C=O) groups is 1. The van der Waals surface area contributed by atoms with Gasteiger partial charge in [0, 0.05) is 6.42 Å². The molecule has 1 aliphatic heterocycles. The van der Waals surface area contributed by atoms with Crippen LogP contribution >= 0.6 is 7.75 Å². The van der Waals surface area contributed by atoms with Crippen molar-refractivity contribution in [3.8, 4) is 18.1 Å². The number of para-hydroxylation sites is 1. The summed E-state index contributed by atoms with van der Waals surface area (Å²) in [4.78, 5) is 25.2. The van der Waals surface area contributed by atoms with Gasteiger partial charge in [-0.05, 0) is 30.5 Å². The number of nitrogen functional groups attached to an aromatic ring is 1. The molecule has 1 unspecified atom stereocenters. The topological polar surface area (TPSA) is 173 Å². The number of nitrogens with two attached hydrogens (primary N) is 1. The molecule has 1 aliphatic rings. The largest absolute Gasteiger partial charge is 0.465 e. The Morgan fingerprint density at radius 3 is 2.19 bits per heavy atom. The molecule has 1 saturated heterocycles. The van der Waals surface area contributed by atoms with Crippen LogP contribution in [-0.2, 0) is 29.8 Å². The number of nitrogens with one attached hydrogen (secondary N) is 1. The Labute approximate surface area is 347 Å². The summed E-state index contributed by atoms with van der Waals surface area (Å²) in [7, 11) is -4.47. The van der Waals surface area contributed by atoms with Crippen LogP contribution < -0.4 is 15.3 Å². The molecule has 15 heteroatoms. The molecule has 0 aliphatic carbocycles. The maximum Gasteiger partial charge on any atom is 0.459 e. The van der Waals surface area contributed by atoms with Crippen molar-refractivity contribution in [1.29, 1.82) is 0 Å². The van der Waals surface area contributed by atoms with Crippen LogP contribution in [0.5, 0.6) is 5.75 Å². The van der Waals surface area contributed by atoms with Gasteiger partial charge in [0.2, 0.25) is 0 Å². The lowest BCUT2D eigenvalue weighted by molar-refractivity contribution is -0.146. The normalized spacial score (nSPS) is 19.3. The molecule has 0 saturated carbocycles. The van der Waals surface area contributed by atoms with Crippen LogP contribution in [-0.4, -0.2) is 61.6 Å². The molecule has 5 rings (SSSR count). The lowest BCUT2D eigenvalue weighted by Crippen LogP contribution is -2.44. The van der Waals surface area contributed by atoms with Gasteiger partial charge in [-0.1, -0.05) is 151 Å². The van der Waals surface area contributed by atoms with E-state index in [4.69, 9.17) is 30.7 Å². The molecule has 4 N–H and O–H groups in total. The molecule has 0 spiro atoms. The Kier molecular flexibility index (Phi) is 18.1. The lowest BCUT2D eigenvalue weighted by atomic mass is 9.99. The van der Waals surface area contributed by atoms with E-state index in [9.17, 15) is 18.9 Å². The van der Waals surface area contributed by atoms with Gasteiger partial charge < -0.3 is 24.8 Å². The van der Waals surface area contributed by atoms with E-state index in [2.05, 4.69) is 32.9 Å². The maximum atomic E-state index is 14.7. The minimum Gasteiger partial charge on any atom is -0.465 e. The van der Waals surface area contributed by atoms with E-state index >= 15 is 0 Å². The van der Waals surface area contributed by atoms with Gasteiger partial charge in [0.25, 0.3) is 0 Å². The van der Waals surface area contributed by atoms with Crippen LogP contribution in [0.2, 0.25) is 0 Å². The average molecular weight is 835 g/mol. The number of nitrogens with zero attached hydrogens (tertiary/aromatic N) is 4. The van der Waals surface area contributed by atoms with Crippen LogP contribution in [0.4, 0.5) is 10.2 Å². The van der Waals surface area contributed by atoms with Gasteiger partial charge in [-0.3, -0.25) is 13.9 Å². The number of aliphatic hydroxyl groups is 1. The molecule has 2 aromatic heterocycles. The smallest absolute Gasteiger partial charge is 0.459 e. The number of ether oxygens (including phenoxy) is 2. The summed E-state index contributed by atoms with van der Waals surface area (Å²) in [6.45, 7) is 1.84. The highest BCUT2D eigenvalue weighted by molar-refractivity contribution is 7.52. The number of esters is 1. The fraction of sp³-hybridized carbons (Fsp3) is 0.545. The van der Waals surface area contributed by atoms with Crippen LogP contribution in [0, 0.1) is 18.4 Å². The number of anilines is 1. The minimum atomic E-state index is -4.47. The first-order chi connectivity index (χ1) is 28.6. The summed E-state index contributed by atoms with van der Waals surface area (Å²) in [6.07, 6.45) is 22.3. The molecule has 13 nitrogen and oxygen atoms in total. The van der Waals surface area contributed by atoms with Gasteiger partial charge in [0.1, 0.15) is 30.7 Å². The number of fused-ring (bicyclic) bond motifs is 1. The van der Waals surface area contributed by atoms with Crippen molar-refractivity contribution >= 4 is 30.7 Å². The average Bonchev–Trinajstić information content (AvgIpc) is 3.81. The Bertz CT molecular complexity index is 1970. The van der Waals surface area contributed by atoms with Crippen molar-refractivity contribution in [1.82, 2.24) is 24.6 Å². The van der Waals surface area contributed by atoms with Crippen molar-refractivity contribution < 1.29 is 37.4 Å². The SMILES string of the molecule is C#C[C@]1(COP(=O)(N[C@@H](Cc2ccccc2)C(=O)OCCCCCCCCCCCCCCCCC)Oc2ccccc2)O[C@@H](n2cnc3c(N)nc(F)nc32)C[C@@H]1O. The third-order valence-electron chi connectivity index (χ3n) is 10.6. The monoisotopic (exact) mass is 834 g/mol. The number of terminal acetylenes is 1. The molecule has 0 radical (unpaired) electrons. The van der Waals surface area contributed by atoms with E-state index in [1.165, 1.54) is 81.5 Å². The summed E-state index contributed by atoms with van der Waals surface area (Å²) >= 11 is 0. The Balaban J connectivity index is 1.18. The summed E-state index contributed by atoms with van der Waals surface area (Å²) < 4.78 is 54.1. The number of carbonyl (C=O) groups excluding carboxylic acids is 1. The number of halogens is 1. The Morgan fingerprint density at radius 2 is 1.58 bits per heavy atom. The van der Waals surface area contributed by atoms with E-state index in [-0.39, 0.29) is 42.2 Å². The molecular weight excluding hydrogens is 774 g/mol. The zero-order valence-electron chi connectivity index (χ0n) is 34.2. The number of rotatable bonds is 27. The molecule has 59 heavy (non-hydrogen) atoms. The number of imidazole rings is 1. The molecule has 320 valence electrons. The highest BCUT2D eigenvalue weighted by atomic mass is 31.2.